The molecule has 2 bridgehead atoms. The van der Waals surface area contributed by atoms with Crippen LogP contribution in [-0.4, -0.2) is 41.2 Å². The van der Waals surface area contributed by atoms with Gasteiger partial charge < -0.3 is 9.84 Å². The van der Waals surface area contributed by atoms with E-state index in [-0.39, 0.29) is 24.4 Å². The first kappa shape index (κ1) is 19.7. The van der Waals surface area contributed by atoms with E-state index in [1.165, 1.54) is 0 Å². The molecule has 3 heterocycles. The SMILES string of the molecule is C=CCc1cc(COC(=O)C(C)C)ccc1C#CC1(O)CN2CCC1CC2. The molecule has 144 valence electrons. The summed E-state index contributed by atoms with van der Waals surface area (Å²) in [5.41, 5.74) is 1.97. The molecule has 1 aromatic carbocycles. The Bertz CT molecular complexity index is 766. The highest BCUT2D eigenvalue weighted by Gasteiger charge is 2.44. The van der Waals surface area contributed by atoms with Gasteiger partial charge in [-0.15, -0.1) is 6.58 Å². The van der Waals surface area contributed by atoms with E-state index in [0.717, 1.165) is 42.6 Å². The Kier molecular flexibility index (Phi) is 6.04. The number of aliphatic hydroxyl groups is 1. The molecule has 3 fully saturated rings. The molecule has 0 saturated carbocycles. The zero-order chi connectivity index (χ0) is 19.4. The van der Waals surface area contributed by atoms with Crippen LogP contribution in [0.25, 0.3) is 0 Å². The molecule has 27 heavy (non-hydrogen) atoms. The van der Waals surface area contributed by atoms with Gasteiger partial charge in [0.05, 0.1) is 5.92 Å². The molecule has 1 N–H and O–H groups in total. The summed E-state index contributed by atoms with van der Waals surface area (Å²) >= 11 is 0. The first-order chi connectivity index (χ1) is 12.9. The summed E-state index contributed by atoms with van der Waals surface area (Å²) in [5.74, 6) is 6.33. The molecule has 4 heteroatoms. The van der Waals surface area contributed by atoms with E-state index >= 15 is 0 Å². The third-order valence-electron chi connectivity index (χ3n) is 5.53. The molecule has 0 amide bonds. The van der Waals surface area contributed by atoms with Gasteiger partial charge in [0.2, 0.25) is 0 Å². The minimum atomic E-state index is -0.909. The average Bonchev–Trinajstić information content (AvgIpc) is 2.66. The number of carbonyl (C=O) groups is 1. The first-order valence-corrected chi connectivity index (χ1v) is 9.78. The van der Waals surface area contributed by atoms with Crippen molar-refractivity contribution in [3.8, 4) is 11.8 Å². The highest BCUT2D eigenvalue weighted by atomic mass is 16.5. The highest BCUT2D eigenvalue weighted by Crippen LogP contribution is 2.35. The van der Waals surface area contributed by atoms with Gasteiger partial charge in [-0.2, -0.15) is 0 Å². The summed E-state index contributed by atoms with van der Waals surface area (Å²) in [4.78, 5) is 14.0. The van der Waals surface area contributed by atoms with Crippen molar-refractivity contribution >= 4 is 5.97 Å². The summed E-state index contributed by atoms with van der Waals surface area (Å²) < 4.78 is 5.32. The molecule has 1 aromatic rings. The van der Waals surface area contributed by atoms with Crippen LogP contribution < -0.4 is 0 Å². The smallest absolute Gasteiger partial charge is 0.308 e. The Morgan fingerprint density at radius 1 is 1.44 bits per heavy atom. The van der Waals surface area contributed by atoms with Crippen LogP contribution in [-0.2, 0) is 22.6 Å². The largest absolute Gasteiger partial charge is 0.461 e. The fourth-order valence-electron chi connectivity index (χ4n) is 3.86. The zero-order valence-corrected chi connectivity index (χ0v) is 16.3. The van der Waals surface area contributed by atoms with Crippen molar-refractivity contribution in [3.05, 3.63) is 47.5 Å². The van der Waals surface area contributed by atoms with Gasteiger partial charge in [-0.25, -0.2) is 0 Å². The van der Waals surface area contributed by atoms with Crippen molar-refractivity contribution in [2.75, 3.05) is 19.6 Å². The molecule has 0 aromatic heterocycles. The number of hydrogen-bond donors (Lipinski definition) is 1. The molecule has 3 aliphatic heterocycles. The average molecular weight is 367 g/mol. The van der Waals surface area contributed by atoms with Crippen molar-refractivity contribution in [1.82, 2.24) is 4.90 Å². The summed E-state index contributed by atoms with van der Waals surface area (Å²) in [7, 11) is 0. The molecule has 1 atom stereocenters. The van der Waals surface area contributed by atoms with Gasteiger partial charge in [-0.3, -0.25) is 9.69 Å². The number of benzene rings is 1. The highest BCUT2D eigenvalue weighted by molar-refractivity contribution is 5.71. The second-order valence-corrected chi connectivity index (χ2v) is 7.97. The van der Waals surface area contributed by atoms with E-state index in [0.29, 0.717) is 13.0 Å². The number of esters is 1. The number of fused-ring (bicyclic) bond motifs is 3. The molecule has 0 spiro atoms. The summed E-state index contributed by atoms with van der Waals surface area (Å²) in [5, 5.41) is 11.0. The number of hydrogen-bond acceptors (Lipinski definition) is 4. The predicted octanol–water partition coefficient (Wildman–Crippen LogP) is 2.92. The van der Waals surface area contributed by atoms with Crippen LogP contribution in [0.2, 0.25) is 0 Å². The van der Waals surface area contributed by atoms with E-state index in [4.69, 9.17) is 4.74 Å². The van der Waals surface area contributed by atoms with Crippen LogP contribution in [0.15, 0.2) is 30.9 Å². The Hall–Kier alpha value is -2.09. The lowest BCUT2D eigenvalue weighted by atomic mass is 9.75. The van der Waals surface area contributed by atoms with Crippen LogP contribution in [0, 0.1) is 23.7 Å². The molecule has 3 saturated heterocycles. The standard InChI is InChI=1S/C23H29NO3/c1-4-5-20-14-18(15-27-22(25)17(2)3)6-7-19(20)8-11-23(26)16-24-12-9-21(23)10-13-24/h4,6-7,14,17,21,26H,1,5,9-10,12-13,15-16H2,2-3H3. The second kappa shape index (κ2) is 8.29. The lowest BCUT2D eigenvalue weighted by Crippen LogP contribution is -2.58. The maximum Gasteiger partial charge on any atom is 0.308 e. The lowest BCUT2D eigenvalue weighted by molar-refractivity contribution is -0.148. The maximum absolute atomic E-state index is 11.7. The van der Waals surface area contributed by atoms with E-state index in [9.17, 15) is 9.90 Å². The number of piperidine rings is 3. The Labute approximate surface area is 162 Å². The number of nitrogens with zero attached hydrogens (tertiary/aromatic N) is 1. The van der Waals surface area contributed by atoms with Crippen LogP contribution in [0.5, 0.6) is 0 Å². The van der Waals surface area contributed by atoms with Gasteiger partial charge in [0.25, 0.3) is 0 Å². The third-order valence-corrected chi connectivity index (χ3v) is 5.53. The molecule has 0 aliphatic carbocycles. The maximum atomic E-state index is 11.7. The monoisotopic (exact) mass is 367 g/mol. The Morgan fingerprint density at radius 3 is 2.78 bits per heavy atom. The summed E-state index contributed by atoms with van der Waals surface area (Å²) in [6.07, 6.45) is 4.56. The molecule has 4 nitrogen and oxygen atoms in total. The van der Waals surface area contributed by atoms with Gasteiger partial charge in [-0.05, 0) is 49.5 Å². The van der Waals surface area contributed by atoms with Gasteiger partial charge in [-0.1, -0.05) is 43.9 Å². The van der Waals surface area contributed by atoms with Crippen molar-refractivity contribution in [1.29, 1.82) is 0 Å². The van der Waals surface area contributed by atoms with Crippen molar-refractivity contribution in [2.24, 2.45) is 11.8 Å². The van der Waals surface area contributed by atoms with Gasteiger partial charge in [0, 0.05) is 18.0 Å². The third kappa shape index (κ3) is 4.61. The number of allylic oxidation sites excluding steroid dienone is 1. The predicted molar refractivity (Wildman–Crippen MR) is 106 cm³/mol. The fraction of sp³-hybridized carbons (Fsp3) is 0.522. The molecule has 1 unspecified atom stereocenters. The van der Waals surface area contributed by atoms with E-state index in [1.54, 1.807) is 0 Å². The number of ether oxygens (including phenoxy) is 1. The van der Waals surface area contributed by atoms with Gasteiger partial charge in [0.15, 0.2) is 0 Å². The topological polar surface area (TPSA) is 49.8 Å². The number of carbonyl (C=O) groups excluding carboxylic acids is 1. The molecular weight excluding hydrogens is 338 g/mol. The minimum absolute atomic E-state index is 0.134. The zero-order valence-electron chi connectivity index (χ0n) is 16.3. The van der Waals surface area contributed by atoms with Crippen LogP contribution >= 0.6 is 0 Å². The quantitative estimate of drug-likeness (QED) is 0.494. The summed E-state index contributed by atoms with van der Waals surface area (Å²) in [6, 6.07) is 5.90. The van der Waals surface area contributed by atoms with Crippen LogP contribution in [0.3, 0.4) is 0 Å². The van der Waals surface area contributed by atoms with E-state index < -0.39 is 5.60 Å². The van der Waals surface area contributed by atoms with Gasteiger partial charge >= 0.3 is 5.97 Å². The normalized spacial score (nSPS) is 26.4. The van der Waals surface area contributed by atoms with E-state index in [1.807, 2.05) is 38.1 Å². The molecule has 3 aliphatic rings. The van der Waals surface area contributed by atoms with E-state index in [2.05, 4.69) is 23.3 Å². The fourth-order valence-corrected chi connectivity index (χ4v) is 3.86. The number of rotatable bonds is 5. The second-order valence-electron chi connectivity index (χ2n) is 7.97. The summed E-state index contributed by atoms with van der Waals surface area (Å²) in [6.45, 7) is 10.5. The van der Waals surface area contributed by atoms with Crippen molar-refractivity contribution < 1.29 is 14.6 Å². The lowest BCUT2D eigenvalue weighted by Gasteiger charge is -2.47. The van der Waals surface area contributed by atoms with Gasteiger partial charge in [0.1, 0.15) is 12.2 Å². The van der Waals surface area contributed by atoms with Crippen LogP contribution in [0.4, 0.5) is 0 Å². The molecule has 0 radical (unpaired) electrons. The van der Waals surface area contributed by atoms with Crippen LogP contribution in [0.1, 0.15) is 43.4 Å². The molecular formula is C23H29NO3. The van der Waals surface area contributed by atoms with Crippen molar-refractivity contribution in [2.45, 2.75) is 45.3 Å². The Balaban J connectivity index is 1.77. The van der Waals surface area contributed by atoms with Crippen molar-refractivity contribution in [3.63, 3.8) is 0 Å². The Morgan fingerprint density at radius 2 is 2.19 bits per heavy atom. The first-order valence-electron chi connectivity index (χ1n) is 9.78. The minimum Gasteiger partial charge on any atom is -0.461 e. The molecule has 4 rings (SSSR count).